The van der Waals surface area contributed by atoms with E-state index in [-0.39, 0.29) is 11.8 Å². The summed E-state index contributed by atoms with van der Waals surface area (Å²) in [7, 11) is 3.25. The maximum absolute atomic E-state index is 10.3. The van der Waals surface area contributed by atoms with Gasteiger partial charge in [0.2, 0.25) is 11.7 Å². The Kier molecular flexibility index (Phi) is 6.63. The molecule has 0 amide bonds. The Bertz CT molecular complexity index is 992. The third-order valence-electron chi connectivity index (χ3n) is 5.39. The molecule has 3 aromatic rings. The van der Waals surface area contributed by atoms with Crippen LogP contribution < -0.4 is 10.1 Å². The molecule has 1 aliphatic rings. The fraction of sp³-hybridized carbons (Fsp3) is 0.409. The molecule has 1 saturated heterocycles. The first-order chi connectivity index (χ1) is 15.2. The van der Waals surface area contributed by atoms with Gasteiger partial charge in [0.05, 0.1) is 19.8 Å². The molecule has 0 bridgehead atoms. The van der Waals surface area contributed by atoms with Crippen LogP contribution in [-0.2, 0) is 11.3 Å². The van der Waals surface area contributed by atoms with Gasteiger partial charge < -0.3 is 24.4 Å². The number of pyridine rings is 1. The third kappa shape index (κ3) is 4.95. The van der Waals surface area contributed by atoms with E-state index in [1.54, 1.807) is 26.5 Å². The second kappa shape index (κ2) is 9.76. The zero-order valence-corrected chi connectivity index (χ0v) is 17.7. The van der Waals surface area contributed by atoms with Gasteiger partial charge in [-0.2, -0.15) is 4.98 Å². The van der Waals surface area contributed by atoms with Crippen LogP contribution in [0.15, 0.2) is 41.1 Å². The number of ether oxygens (including phenoxy) is 2. The smallest absolute Gasteiger partial charge is 0.244 e. The van der Waals surface area contributed by atoms with Gasteiger partial charge in [0.25, 0.3) is 0 Å². The third-order valence-corrected chi connectivity index (χ3v) is 5.39. The molecular weight excluding hydrogens is 398 g/mol. The average Bonchev–Trinajstić information content (AvgIpc) is 3.45. The fourth-order valence-corrected chi connectivity index (χ4v) is 3.72. The zero-order valence-electron chi connectivity index (χ0n) is 17.7. The van der Waals surface area contributed by atoms with E-state index >= 15 is 0 Å². The van der Waals surface area contributed by atoms with Crippen molar-refractivity contribution in [2.24, 2.45) is 0 Å². The van der Waals surface area contributed by atoms with Crippen molar-refractivity contribution >= 4 is 5.82 Å². The van der Waals surface area contributed by atoms with E-state index in [1.807, 2.05) is 24.3 Å². The molecule has 9 heteroatoms. The SMILES string of the molecule is COCCNc1ccc(-c2noc([C@@H]3CCCN3Cc3ccc(OC)cc3O)n2)cn1. The molecule has 3 heterocycles. The minimum atomic E-state index is 0.0192. The fourth-order valence-electron chi connectivity index (χ4n) is 3.72. The Morgan fingerprint density at radius 2 is 2.16 bits per heavy atom. The number of nitrogens with zero attached hydrogens (tertiary/aromatic N) is 4. The Morgan fingerprint density at radius 3 is 2.90 bits per heavy atom. The molecular formula is C22H27N5O4. The van der Waals surface area contributed by atoms with Crippen molar-refractivity contribution in [2.45, 2.75) is 25.4 Å². The minimum absolute atomic E-state index is 0.0192. The Morgan fingerprint density at radius 1 is 1.26 bits per heavy atom. The van der Waals surface area contributed by atoms with E-state index in [9.17, 15) is 5.11 Å². The maximum Gasteiger partial charge on any atom is 0.244 e. The van der Waals surface area contributed by atoms with Crippen molar-refractivity contribution in [3.05, 3.63) is 48.0 Å². The van der Waals surface area contributed by atoms with Crippen LogP contribution in [0, 0.1) is 0 Å². The number of hydrogen-bond acceptors (Lipinski definition) is 9. The van der Waals surface area contributed by atoms with Gasteiger partial charge in [-0.1, -0.05) is 11.2 Å². The first kappa shape index (κ1) is 21.1. The molecule has 4 rings (SSSR count). The van der Waals surface area contributed by atoms with E-state index < -0.39 is 0 Å². The van der Waals surface area contributed by atoms with E-state index in [4.69, 9.17) is 14.0 Å². The predicted octanol–water partition coefficient (Wildman–Crippen LogP) is 3.24. The molecule has 0 spiro atoms. The molecule has 1 atom stereocenters. The van der Waals surface area contributed by atoms with Gasteiger partial charge in [-0.15, -0.1) is 0 Å². The number of nitrogens with one attached hydrogen (secondary N) is 1. The van der Waals surface area contributed by atoms with Crippen molar-refractivity contribution in [1.29, 1.82) is 0 Å². The number of anilines is 1. The highest BCUT2D eigenvalue weighted by Gasteiger charge is 2.31. The summed E-state index contributed by atoms with van der Waals surface area (Å²) in [5, 5.41) is 17.6. The van der Waals surface area contributed by atoms with Gasteiger partial charge >= 0.3 is 0 Å². The normalized spacial score (nSPS) is 16.5. The number of benzene rings is 1. The highest BCUT2D eigenvalue weighted by Crippen LogP contribution is 2.35. The topological polar surface area (TPSA) is 106 Å². The summed E-state index contributed by atoms with van der Waals surface area (Å²) in [5.41, 5.74) is 1.64. The molecule has 2 N–H and O–H groups in total. The second-order valence-electron chi connectivity index (χ2n) is 7.43. The second-order valence-corrected chi connectivity index (χ2v) is 7.43. The number of phenolic OH excluding ortho intramolecular Hbond substituents is 1. The van der Waals surface area contributed by atoms with Crippen LogP contribution in [0.1, 0.15) is 30.3 Å². The lowest BCUT2D eigenvalue weighted by atomic mass is 10.1. The highest BCUT2D eigenvalue weighted by atomic mass is 16.5. The first-order valence-electron chi connectivity index (χ1n) is 10.3. The summed E-state index contributed by atoms with van der Waals surface area (Å²) in [6.07, 6.45) is 3.69. The molecule has 0 aliphatic carbocycles. The lowest BCUT2D eigenvalue weighted by Crippen LogP contribution is -2.23. The summed E-state index contributed by atoms with van der Waals surface area (Å²) in [6, 6.07) is 9.19. The largest absolute Gasteiger partial charge is 0.507 e. The molecule has 9 nitrogen and oxygen atoms in total. The number of phenols is 1. The number of likely N-dealkylation sites (tertiary alicyclic amines) is 1. The van der Waals surface area contributed by atoms with Crippen molar-refractivity contribution in [3.8, 4) is 22.9 Å². The van der Waals surface area contributed by atoms with Gasteiger partial charge in [-0.3, -0.25) is 4.90 Å². The summed E-state index contributed by atoms with van der Waals surface area (Å²) in [4.78, 5) is 11.3. The van der Waals surface area contributed by atoms with Crippen LogP contribution in [-0.4, -0.2) is 59.0 Å². The van der Waals surface area contributed by atoms with Crippen molar-refractivity contribution in [2.75, 3.05) is 39.2 Å². The summed E-state index contributed by atoms with van der Waals surface area (Å²) < 4.78 is 15.8. The monoisotopic (exact) mass is 425 g/mol. The Labute approximate surface area is 181 Å². The van der Waals surface area contributed by atoms with Crippen LogP contribution in [0.2, 0.25) is 0 Å². The number of aromatic hydroxyl groups is 1. The lowest BCUT2D eigenvalue weighted by Gasteiger charge is -2.22. The quantitative estimate of drug-likeness (QED) is 0.500. The highest BCUT2D eigenvalue weighted by molar-refractivity contribution is 5.55. The van der Waals surface area contributed by atoms with Crippen LogP contribution in [0.5, 0.6) is 11.5 Å². The van der Waals surface area contributed by atoms with E-state index in [0.717, 1.165) is 36.3 Å². The summed E-state index contributed by atoms with van der Waals surface area (Å²) in [6.45, 7) is 2.80. The van der Waals surface area contributed by atoms with Crippen molar-refractivity contribution < 1.29 is 19.1 Å². The molecule has 2 aromatic heterocycles. The molecule has 0 saturated carbocycles. The predicted molar refractivity (Wildman–Crippen MR) is 115 cm³/mol. The molecule has 0 radical (unpaired) electrons. The van der Waals surface area contributed by atoms with Gasteiger partial charge in [-0.05, 0) is 37.6 Å². The van der Waals surface area contributed by atoms with Gasteiger partial charge in [0, 0.05) is 43.6 Å². The Hall–Kier alpha value is -3.17. The lowest BCUT2D eigenvalue weighted by molar-refractivity contribution is 0.199. The maximum atomic E-state index is 10.3. The number of aromatic nitrogens is 3. The standard InChI is InChI=1S/C22H27N5O4/c1-29-11-9-23-20-8-6-15(13-24-20)21-25-22(31-26-21)18-4-3-10-27(18)14-16-5-7-17(30-2)12-19(16)28/h5-8,12-13,18,28H,3-4,9-11,14H2,1-2H3,(H,23,24)/t18-/m0/s1. The molecule has 31 heavy (non-hydrogen) atoms. The average molecular weight is 425 g/mol. The Balaban J connectivity index is 1.44. The van der Waals surface area contributed by atoms with Crippen molar-refractivity contribution in [3.63, 3.8) is 0 Å². The van der Waals surface area contributed by atoms with Crippen LogP contribution >= 0.6 is 0 Å². The van der Waals surface area contributed by atoms with Crippen molar-refractivity contribution in [1.82, 2.24) is 20.0 Å². The van der Waals surface area contributed by atoms with E-state index in [0.29, 0.717) is 37.2 Å². The number of rotatable bonds is 9. The molecule has 1 fully saturated rings. The number of hydrogen-bond donors (Lipinski definition) is 2. The van der Waals surface area contributed by atoms with Gasteiger partial charge in [-0.25, -0.2) is 4.98 Å². The zero-order chi connectivity index (χ0) is 21.6. The summed E-state index contributed by atoms with van der Waals surface area (Å²) >= 11 is 0. The van der Waals surface area contributed by atoms with E-state index in [1.165, 1.54) is 0 Å². The summed E-state index contributed by atoms with van der Waals surface area (Å²) in [5.74, 6) is 2.73. The van der Waals surface area contributed by atoms with Gasteiger partial charge in [0.1, 0.15) is 17.3 Å². The van der Waals surface area contributed by atoms with Crippen LogP contribution in [0.3, 0.4) is 0 Å². The number of methoxy groups -OCH3 is 2. The molecule has 164 valence electrons. The van der Waals surface area contributed by atoms with E-state index in [2.05, 4.69) is 25.3 Å². The van der Waals surface area contributed by atoms with Gasteiger partial charge in [0.15, 0.2) is 0 Å². The molecule has 1 aromatic carbocycles. The first-order valence-corrected chi connectivity index (χ1v) is 10.3. The molecule has 0 unspecified atom stereocenters. The van der Waals surface area contributed by atoms with Crippen LogP contribution in [0.4, 0.5) is 5.82 Å². The minimum Gasteiger partial charge on any atom is -0.507 e. The molecule has 1 aliphatic heterocycles. The van der Waals surface area contributed by atoms with Crippen LogP contribution in [0.25, 0.3) is 11.4 Å².